The Kier molecular flexibility index (Phi) is 4.59. The molecule has 1 unspecified atom stereocenters. The normalized spacial score (nSPS) is 12.3. The first-order chi connectivity index (χ1) is 8.38. The van der Waals surface area contributed by atoms with Crippen LogP contribution in [0.15, 0.2) is 18.2 Å². The Morgan fingerprint density at radius 1 is 1.33 bits per heavy atom. The zero-order valence-corrected chi connectivity index (χ0v) is 11.8. The number of amides is 1. The van der Waals surface area contributed by atoms with Crippen LogP contribution in [-0.4, -0.2) is 26.0 Å². The molecule has 0 spiro atoms. The molecule has 4 nitrogen and oxygen atoms in total. The summed E-state index contributed by atoms with van der Waals surface area (Å²) in [5, 5.41) is 2.66. The minimum atomic E-state index is -0.0900. The molecular weight excluding hydrogens is 226 g/mol. The summed E-state index contributed by atoms with van der Waals surface area (Å²) in [7, 11) is 3.63. The molecule has 100 valence electrons. The van der Waals surface area contributed by atoms with Crippen molar-refractivity contribution in [3.8, 4) is 0 Å². The largest absolute Gasteiger partial charge is 0.399 e. The molecule has 0 aromatic heterocycles. The number of carbonyl (C=O) groups is 1. The lowest BCUT2D eigenvalue weighted by molar-refractivity contribution is 0.0963. The van der Waals surface area contributed by atoms with Crippen molar-refractivity contribution in [3.05, 3.63) is 23.8 Å². The first-order valence-electron chi connectivity index (χ1n) is 6.23. The van der Waals surface area contributed by atoms with E-state index in [9.17, 15) is 4.79 Å². The van der Waals surface area contributed by atoms with Gasteiger partial charge in [0.2, 0.25) is 0 Å². The van der Waals surface area contributed by atoms with E-state index in [1.54, 1.807) is 19.2 Å². The number of nitrogens with zero attached hydrogens (tertiary/aromatic N) is 1. The second-order valence-electron chi connectivity index (χ2n) is 4.95. The third-order valence-corrected chi connectivity index (χ3v) is 3.45. The monoisotopic (exact) mass is 249 g/mol. The number of hydrogen-bond donors (Lipinski definition) is 2. The molecule has 0 aliphatic heterocycles. The highest BCUT2D eigenvalue weighted by atomic mass is 16.1. The lowest BCUT2D eigenvalue weighted by Crippen LogP contribution is -2.35. The average molecular weight is 249 g/mol. The Labute approximate surface area is 109 Å². The molecule has 0 fully saturated rings. The molecule has 0 saturated carbocycles. The molecule has 1 aromatic rings. The van der Waals surface area contributed by atoms with Crippen molar-refractivity contribution < 1.29 is 4.79 Å². The number of anilines is 2. The molecule has 0 saturated heterocycles. The molecule has 0 aliphatic carbocycles. The smallest absolute Gasteiger partial charge is 0.253 e. The summed E-state index contributed by atoms with van der Waals surface area (Å²) in [5.74, 6) is 0.404. The fraction of sp³-hybridized carbons (Fsp3) is 0.500. The van der Waals surface area contributed by atoms with Crippen LogP contribution >= 0.6 is 0 Å². The van der Waals surface area contributed by atoms with E-state index >= 15 is 0 Å². The molecule has 0 radical (unpaired) electrons. The van der Waals surface area contributed by atoms with E-state index in [1.165, 1.54) is 0 Å². The van der Waals surface area contributed by atoms with Gasteiger partial charge < -0.3 is 16.0 Å². The van der Waals surface area contributed by atoms with E-state index in [-0.39, 0.29) is 5.91 Å². The van der Waals surface area contributed by atoms with E-state index in [1.807, 2.05) is 13.1 Å². The van der Waals surface area contributed by atoms with Gasteiger partial charge in [0, 0.05) is 25.8 Å². The predicted octanol–water partition coefficient (Wildman–Crippen LogP) is 2.11. The van der Waals surface area contributed by atoms with Crippen molar-refractivity contribution in [2.45, 2.75) is 26.8 Å². The zero-order valence-electron chi connectivity index (χ0n) is 11.8. The SMILES string of the molecule is CNC(=O)c1ccc(N)cc1N(C)C(C)C(C)C. The molecule has 3 N–H and O–H groups in total. The fourth-order valence-electron chi connectivity index (χ4n) is 1.83. The van der Waals surface area contributed by atoms with E-state index in [0.29, 0.717) is 23.2 Å². The van der Waals surface area contributed by atoms with Gasteiger partial charge in [0.1, 0.15) is 0 Å². The van der Waals surface area contributed by atoms with Crippen LogP contribution in [0.1, 0.15) is 31.1 Å². The Bertz CT molecular complexity index is 429. The highest BCUT2D eigenvalue weighted by Gasteiger charge is 2.19. The van der Waals surface area contributed by atoms with E-state index in [2.05, 4.69) is 31.0 Å². The quantitative estimate of drug-likeness (QED) is 0.803. The van der Waals surface area contributed by atoms with Gasteiger partial charge in [-0.2, -0.15) is 0 Å². The Morgan fingerprint density at radius 3 is 2.44 bits per heavy atom. The first-order valence-corrected chi connectivity index (χ1v) is 6.23. The van der Waals surface area contributed by atoms with Crippen LogP contribution in [0.5, 0.6) is 0 Å². The van der Waals surface area contributed by atoms with Crippen LogP contribution in [0.3, 0.4) is 0 Å². The van der Waals surface area contributed by atoms with Gasteiger partial charge in [-0.05, 0) is 31.0 Å². The number of rotatable bonds is 4. The number of nitrogen functional groups attached to an aromatic ring is 1. The molecule has 1 aromatic carbocycles. The maximum atomic E-state index is 11.9. The van der Waals surface area contributed by atoms with Crippen LogP contribution in [0.2, 0.25) is 0 Å². The van der Waals surface area contributed by atoms with Gasteiger partial charge in [-0.3, -0.25) is 4.79 Å². The van der Waals surface area contributed by atoms with Gasteiger partial charge in [-0.1, -0.05) is 13.8 Å². The summed E-state index contributed by atoms with van der Waals surface area (Å²) in [6.45, 7) is 6.46. The number of nitrogens with one attached hydrogen (secondary N) is 1. The molecule has 1 amide bonds. The third-order valence-electron chi connectivity index (χ3n) is 3.45. The topological polar surface area (TPSA) is 58.4 Å². The molecule has 4 heteroatoms. The van der Waals surface area contributed by atoms with Crippen molar-refractivity contribution in [2.75, 3.05) is 24.7 Å². The van der Waals surface area contributed by atoms with Crippen LogP contribution < -0.4 is 16.0 Å². The third kappa shape index (κ3) is 2.94. The standard InChI is InChI=1S/C14H23N3O/c1-9(2)10(3)17(5)13-8-11(15)6-7-12(13)14(18)16-4/h6-10H,15H2,1-5H3,(H,16,18). The van der Waals surface area contributed by atoms with Crippen molar-refractivity contribution in [1.29, 1.82) is 0 Å². The Hall–Kier alpha value is -1.71. The van der Waals surface area contributed by atoms with E-state index < -0.39 is 0 Å². The summed E-state index contributed by atoms with van der Waals surface area (Å²) < 4.78 is 0. The van der Waals surface area contributed by atoms with Crippen molar-refractivity contribution in [2.24, 2.45) is 5.92 Å². The van der Waals surface area contributed by atoms with Gasteiger partial charge in [-0.15, -0.1) is 0 Å². The second kappa shape index (κ2) is 5.76. The summed E-state index contributed by atoms with van der Waals surface area (Å²) in [6.07, 6.45) is 0. The molecule has 1 rings (SSSR count). The number of hydrogen-bond acceptors (Lipinski definition) is 3. The summed E-state index contributed by atoms with van der Waals surface area (Å²) in [6, 6.07) is 5.70. The minimum Gasteiger partial charge on any atom is -0.399 e. The molecule has 0 bridgehead atoms. The van der Waals surface area contributed by atoms with E-state index in [4.69, 9.17) is 5.73 Å². The zero-order chi connectivity index (χ0) is 13.9. The summed E-state index contributed by atoms with van der Waals surface area (Å²) >= 11 is 0. The molecule has 18 heavy (non-hydrogen) atoms. The summed E-state index contributed by atoms with van der Waals surface area (Å²) in [5.41, 5.74) is 8.02. The van der Waals surface area contributed by atoms with Crippen molar-refractivity contribution in [1.82, 2.24) is 5.32 Å². The Balaban J connectivity index is 3.20. The highest BCUT2D eigenvalue weighted by molar-refractivity contribution is 6.00. The predicted molar refractivity (Wildman–Crippen MR) is 76.9 cm³/mol. The maximum Gasteiger partial charge on any atom is 0.253 e. The maximum absolute atomic E-state index is 11.9. The molecule has 1 atom stereocenters. The van der Waals surface area contributed by atoms with Gasteiger partial charge >= 0.3 is 0 Å². The molecule has 0 heterocycles. The van der Waals surface area contributed by atoms with Crippen molar-refractivity contribution >= 4 is 17.3 Å². The lowest BCUT2D eigenvalue weighted by Gasteiger charge is -2.31. The van der Waals surface area contributed by atoms with Crippen molar-refractivity contribution in [3.63, 3.8) is 0 Å². The van der Waals surface area contributed by atoms with Crippen LogP contribution in [0.25, 0.3) is 0 Å². The number of carbonyl (C=O) groups excluding carboxylic acids is 1. The van der Waals surface area contributed by atoms with Crippen LogP contribution in [0, 0.1) is 5.92 Å². The first kappa shape index (κ1) is 14.4. The van der Waals surface area contributed by atoms with Gasteiger partial charge in [0.25, 0.3) is 5.91 Å². The van der Waals surface area contributed by atoms with Crippen LogP contribution in [0.4, 0.5) is 11.4 Å². The molecular formula is C14H23N3O. The van der Waals surface area contributed by atoms with E-state index in [0.717, 1.165) is 5.69 Å². The Morgan fingerprint density at radius 2 is 1.94 bits per heavy atom. The average Bonchev–Trinajstić information content (AvgIpc) is 2.35. The molecule has 0 aliphatic rings. The van der Waals surface area contributed by atoms with Gasteiger partial charge in [0.05, 0.1) is 11.3 Å². The summed E-state index contributed by atoms with van der Waals surface area (Å²) in [4.78, 5) is 14.0. The van der Waals surface area contributed by atoms with Crippen LogP contribution in [-0.2, 0) is 0 Å². The lowest BCUT2D eigenvalue weighted by atomic mass is 10.0. The van der Waals surface area contributed by atoms with Gasteiger partial charge in [-0.25, -0.2) is 0 Å². The van der Waals surface area contributed by atoms with Gasteiger partial charge in [0.15, 0.2) is 0 Å². The number of nitrogens with two attached hydrogens (primary N) is 1. The fourth-order valence-corrected chi connectivity index (χ4v) is 1.83. The minimum absolute atomic E-state index is 0.0900. The highest BCUT2D eigenvalue weighted by Crippen LogP contribution is 2.26. The second-order valence-corrected chi connectivity index (χ2v) is 4.95. The number of benzene rings is 1.